The zero-order valence-corrected chi connectivity index (χ0v) is 19.3. The third-order valence-corrected chi connectivity index (χ3v) is 6.13. The Morgan fingerprint density at radius 1 is 1.24 bits per heavy atom. The topological polar surface area (TPSA) is 42.4 Å². The third kappa shape index (κ3) is 5.90. The van der Waals surface area contributed by atoms with Crippen molar-refractivity contribution in [1.82, 2.24) is 9.88 Å². The molecule has 1 aromatic heterocycles. The molecule has 6 heteroatoms. The van der Waals surface area contributed by atoms with Crippen molar-refractivity contribution in [3.8, 4) is 5.75 Å². The molecule has 0 spiro atoms. The molecule has 2 aromatic carbocycles. The average molecular weight is 473 g/mol. The molecule has 0 N–H and O–H groups in total. The van der Waals surface area contributed by atoms with Gasteiger partial charge in [0.05, 0.1) is 12.2 Å². The molecule has 0 unspecified atom stereocenters. The minimum Gasteiger partial charge on any atom is -0.486 e. The summed E-state index contributed by atoms with van der Waals surface area (Å²) in [6.45, 7) is 7.13. The predicted molar refractivity (Wildman–Crippen MR) is 121 cm³/mol. The van der Waals surface area contributed by atoms with Gasteiger partial charge >= 0.3 is 0 Å². The van der Waals surface area contributed by atoms with Crippen molar-refractivity contribution in [3.63, 3.8) is 0 Å². The van der Waals surface area contributed by atoms with Crippen LogP contribution >= 0.6 is 27.3 Å². The number of carbonyl (C=O) groups excluding carboxylic acids is 1. The molecule has 152 valence electrons. The second-order valence-electron chi connectivity index (χ2n) is 7.03. The zero-order valence-electron chi connectivity index (χ0n) is 16.9. The van der Waals surface area contributed by atoms with Crippen molar-refractivity contribution >= 4 is 33.2 Å². The molecule has 29 heavy (non-hydrogen) atoms. The van der Waals surface area contributed by atoms with E-state index in [-0.39, 0.29) is 11.9 Å². The van der Waals surface area contributed by atoms with Gasteiger partial charge in [-0.2, -0.15) is 0 Å². The minimum atomic E-state index is 0.0195. The van der Waals surface area contributed by atoms with Crippen LogP contribution in [-0.2, 0) is 13.2 Å². The SMILES string of the molecule is CC[C@H](C)N(Cc1csc(COc2ccc(C)cc2)n1)C(=O)c1cccc(Br)c1. The van der Waals surface area contributed by atoms with Gasteiger partial charge < -0.3 is 9.64 Å². The summed E-state index contributed by atoms with van der Waals surface area (Å²) in [5.74, 6) is 0.851. The van der Waals surface area contributed by atoms with Crippen LogP contribution in [0.3, 0.4) is 0 Å². The fourth-order valence-electron chi connectivity index (χ4n) is 2.88. The highest BCUT2D eigenvalue weighted by atomic mass is 79.9. The first-order valence-corrected chi connectivity index (χ1v) is 11.3. The number of thiazole rings is 1. The Morgan fingerprint density at radius 2 is 2.00 bits per heavy atom. The first-order valence-electron chi connectivity index (χ1n) is 9.65. The maximum absolute atomic E-state index is 13.1. The van der Waals surface area contributed by atoms with E-state index in [9.17, 15) is 4.79 Å². The first-order chi connectivity index (χ1) is 14.0. The molecule has 3 aromatic rings. The molecule has 1 amide bonds. The van der Waals surface area contributed by atoms with Crippen LogP contribution in [0.25, 0.3) is 0 Å². The van der Waals surface area contributed by atoms with Crippen LogP contribution in [0.4, 0.5) is 0 Å². The number of aromatic nitrogens is 1. The first kappa shape index (κ1) is 21.5. The summed E-state index contributed by atoms with van der Waals surface area (Å²) in [6, 6.07) is 15.6. The summed E-state index contributed by atoms with van der Waals surface area (Å²) >= 11 is 5.01. The Morgan fingerprint density at radius 3 is 2.69 bits per heavy atom. The van der Waals surface area contributed by atoms with Gasteiger partial charge in [-0.1, -0.05) is 46.6 Å². The smallest absolute Gasteiger partial charge is 0.254 e. The van der Waals surface area contributed by atoms with Crippen LogP contribution in [0, 0.1) is 6.92 Å². The van der Waals surface area contributed by atoms with Gasteiger partial charge in [0, 0.05) is 21.5 Å². The average Bonchev–Trinajstić information content (AvgIpc) is 3.18. The molecular weight excluding hydrogens is 448 g/mol. The maximum Gasteiger partial charge on any atom is 0.254 e. The van der Waals surface area contributed by atoms with Gasteiger partial charge in [0.1, 0.15) is 17.4 Å². The van der Waals surface area contributed by atoms with E-state index in [4.69, 9.17) is 4.74 Å². The van der Waals surface area contributed by atoms with Gasteiger partial charge in [-0.25, -0.2) is 4.98 Å². The van der Waals surface area contributed by atoms with E-state index in [1.165, 1.54) is 5.56 Å². The third-order valence-electron chi connectivity index (χ3n) is 4.77. The van der Waals surface area contributed by atoms with Crippen LogP contribution in [0.15, 0.2) is 58.4 Å². The Labute approximate surface area is 184 Å². The molecule has 0 saturated heterocycles. The van der Waals surface area contributed by atoms with Crippen LogP contribution in [0.1, 0.15) is 46.9 Å². The number of rotatable bonds is 8. The van der Waals surface area contributed by atoms with Crippen LogP contribution in [-0.4, -0.2) is 21.8 Å². The molecule has 0 saturated carbocycles. The lowest BCUT2D eigenvalue weighted by atomic mass is 10.1. The van der Waals surface area contributed by atoms with E-state index in [2.05, 4.69) is 41.7 Å². The molecule has 0 radical (unpaired) electrons. The fraction of sp³-hybridized carbons (Fsp3) is 0.304. The summed E-state index contributed by atoms with van der Waals surface area (Å²) < 4.78 is 6.73. The predicted octanol–water partition coefficient (Wildman–Crippen LogP) is 6.23. The Bertz CT molecular complexity index is 956. The Balaban J connectivity index is 1.68. The summed E-state index contributed by atoms with van der Waals surface area (Å²) in [6.07, 6.45) is 0.882. The number of hydrogen-bond donors (Lipinski definition) is 0. The van der Waals surface area contributed by atoms with E-state index in [1.807, 2.05) is 58.8 Å². The number of halogens is 1. The van der Waals surface area contributed by atoms with Gasteiger partial charge in [0.15, 0.2) is 0 Å². The largest absolute Gasteiger partial charge is 0.486 e. The molecule has 0 aliphatic carbocycles. The molecule has 0 fully saturated rings. The standard InChI is InChI=1S/C23H25BrN2O2S/c1-4-17(3)26(23(27)18-6-5-7-19(24)12-18)13-20-15-29-22(25-20)14-28-21-10-8-16(2)9-11-21/h5-12,15,17H,4,13-14H2,1-3H3/t17-/m0/s1. The maximum atomic E-state index is 13.1. The van der Waals surface area contributed by atoms with Crippen molar-refractivity contribution in [3.05, 3.63) is 80.2 Å². The molecule has 0 bridgehead atoms. The zero-order chi connectivity index (χ0) is 20.8. The highest BCUT2D eigenvalue weighted by molar-refractivity contribution is 9.10. The number of aryl methyl sites for hydroxylation is 1. The molecule has 0 aliphatic heterocycles. The summed E-state index contributed by atoms with van der Waals surface area (Å²) in [7, 11) is 0. The number of benzene rings is 2. The number of amides is 1. The van der Waals surface area contributed by atoms with Gasteiger partial charge in [0.25, 0.3) is 5.91 Å². The molecule has 3 rings (SSSR count). The Hall–Kier alpha value is -2.18. The number of hydrogen-bond acceptors (Lipinski definition) is 4. The van der Waals surface area contributed by atoms with Gasteiger partial charge in [-0.15, -0.1) is 11.3 Å². The highest BCUT2D eigenvalue weighted by Crippen LogP contribution is 2.20. The molecular formula is C23H25BrN2O2S. The minimum absolute atomic E-state index is 0.0195. The second-order valence-corrected chi connectivity index (χ2v) is 8.89. The van der Waals surface area contributed by atoms with Crippen LogP contribution in [0.2, 0.25) is 0 Å². The van der Waals surface area contributed by atoms with Crippen molar-refractivity contribution in [1.29, 1.82) is 0 Å². The van der Waals surface area contributed by atoms with Crippen molar-refractivity contribution < 1.29 is 9.53 Å². The fourth-order valence-corrected chi connectivity index (χ4v) is 3.97. The van der Waals surface area contributed by atoms with E-state index < -0.39 is 0 Å². The monoisotopic (exact) mass is 472 g/mol. The van der Waals surface area contributed by atoms with E-state index >= 15 is 0 Å². The molecule has 0 aliphatic rings. The normalized spacial score (nSPS) is 11.9. The lowest BCUT2D eigenvalue weighted by molar-refractivity contribution is 0.0669. The van der Waals surface area contributed by atoms with E-state index in [0.29, 0.717) is 18.7 Å². The summed E-state index contributed by atoms with van der Waals surface area (Å²) in [4.78, 5) is 19.7. The number of carbonyl (C=O) groups is 1. The van der Waals surface area contributed by atoms with E-state index in [1.54, 1.807) is 11.3 Å². The summed E-state index contributed by atoms with van der Waals surface area (Å²) in [5.41, 5.74) is 2.77. The van der Waals surface area contributed by atoms with Crippen molar-refractivity contribution in [2.45, 2.75) is 46.4 Å². The molecule has 1 atom stereocenters. The second kappa shape index (κ2) is 10.0. The lowest BCUT2D eigenvalue weighted by Crippen LogP contribution is -2.37. The van der Waals surface area contributed by atoms with E-state index in [0.717, 1.165) is 27.3 Å². The van der Waals surface area contributed by atoms with Crippen LogP contribution < -0.4 is 4.74 Å². The summed E-state index contributed by atoms with van der Waals surface area (Å²) in [5, 5.41) is 2.91. The lowest BCUT2D eigenvalue weighted by Gasteiger charge is -2.28. The molecule has 1 heterocycles. The van der Waals surface area contributed by atoms with Crippen molar-refractivity contribution in [2.24, 2.45) is 0 Å². The molecule has 4 nitrogen and oxygen atoms in total. The van der Waals surface area contributed by atoms with Gasteiger partial charge in [0.2, 0.25) is 0 Å². The quantitative estimate of drug-likeness (QED) is 0.389. The highest BCUT2D eigenvalue weighted by Gasteiger charge is 2.22. The van der Waals surface area contributed by atoms with Gasteiger partial charge in [-0.05, 0) is 50.6 Å². The van der Waals surface area contributed by atoms with Crippen LogP contribution in [0.5, 0.6) is 5.75 Å². The number of ether oxygens (including phenoxy) is 1. The van der Waals surface area contributed by atoms with Crippen molar-refractivity contribution in [2.75, 3.05) is 0 Å². The number of nitrogens with zero attached hydrogens (tertiary/aromatic N) is 2. The Kier molecular flexibility index (Phi) is 7.45. The van der Waals surface area contributed by atoms with Gasteiger partial charge in [-0.3, -0.25) is 4.79 Å².